The largest absolute Gasteiger partial charge is 0.467 e. The van der Waals surface area contributed by atoms with E-state index in [9.17, 15) is 4.79 Å². The summed E-state index contributed by atoms with van der Waals surface area (Å²) in [4.78, 5) is 18.5. The van der Waals surface area contributed by atoms with Crippen LogP contribution < -0.4 is 5.32 Å². The molecule has 1 atom stereocenters. The molecule has 100 valence electrons. The fourth-order valence-corrected chi connectivity index (χ4v) is 2.37. The number of furan rings is 1. The summed E-state index contributed by atoms with van der Waals surface area (Å²) >= 11 is 0. The summed E-state index contributed by atoms with van der Waals surface area (Å²) in [7, 11) is 2.00. The molecule has 0 radical (unpaired) electrons. The van der Waals surface area contributed by atoms with E-state index in [1.807, 2.05) is 29.9 Å². The first-order chi connectivity index (χ1) is 9.24. The molecule has 1 amide bonds. The molecule has 0 saturated carbocycles. The van der Waals surface area contributed by atoms with Crippen molar-refractivity contribution in [2.45, 2.75) is 19.1 Å². The monoisotopic (exact) mass is 260 g/mol. The van der Waals surface area contributed by atoms with E-state index in [1.165, 1.54) is 0 Å². The number of nitrogens with one attached hydrogen (secondary N) is 1. The predicted molar refractivity (Wildman–Crippen MR) is 68.2 cm³/mol. The fraction of sp³-hybridized carbons (Fsp3) is 0.385. The van der Waals surface area contributed by atoms with E-state index in [4.69, 9.17) is 4.42 Å². The number of carbonyl (C=O) groups is 1. The first kappa shape index (κ1) is 12.0. The van der Waals surface area contributed by atoms with Gasteiger partial charge in [0.2, 0.25) is 5.91 Å². The van der Waals surface area contributed by atoms with Gasteiger partial charge >= 0.3 is 0 Å². The zero-order chi connectivity index (χ0) is 13.2. The summed E-state index contributed by atoms with van der Waals surface area (Å²) in [5.41, 5.74) is 1.06. The lowest BCUT2D eigenvalue weighted by atomic mass is 10.2. The van der Waals surface area contributed by atoms with Crippen molar-refractivity contribution >= 4 is 5.91 Å². The highest BCUT2D eigenvalue weighted by Crippen LogP contribution is 2.19. The summed E-state index contributed by atoms with van der Waals surface area (Å²) < 4.78 is 7.14. The van der Waals surface area contributed by atoms with Crippen LogP contribution in [0.1, 0.15) is 17.5 Å². The van der Waals surface area contributed by atoms with Crippen LogP contribution in [0.25, 0.3) is 0 Å². The highest BCUT2D eigenvalue weighted by molar-refractivity contribution is 5.80. The molecule has 1 aliphatic heterocycles. The Bertz CT molecular complexity index is 561. The van der Waals surface area contributed by atoms with E-state index in [-0.39, 0.29) is 11.9 Å². The van der Waals surface area contributed by atoms with Gasteiger partial charge in [-0.2, -0.15) is 0 Å². The first-order valence-corrected chi connectivity index (χ1v) is 6.23. The van der Waals surface area contributed by atoms with Gasteiger partial charge in [0.1, 0.15) is 11.8 Å². The maximum absolute atomic E-state index is 12.3. The SMILES string of the molecule is CN1Cc2cncn2[C@@H](C(=O)NCc2ccco2)C1. The molecular weight excluding hydrogens is 244 g/mol. The molecule has 3 rings (SSSR count). The molecular formula is C13H16N4O2. The second-order valence-corrected chi connectivity index (χ2v) is 4.80. The van der Waals surface area contributed by atoms with E-state index < -0.39 is 0 Å². The van der Waals surface area contributed by atoms with Crippen molar-refractivity contribution in [2.75, 3.05) is 13.6 Å². The van der Waals surface area contributed by atoms with E-state index in [2.05, 4.69) is 15.2 Å². The molecule has 2 aromatic heterocycles. The van der Waals surface area contributed by atoms with E-state index in [1.54, 1.807) is 12.6 Å². The van der Waals surface area contributed by atoms with Crippen LogP contribution >= 0.6 is 0 Å². The minimum atomic E-state index is -0.230. The quantitative estimate of drug-likeness (QED) is 0.885. The number of hydrogen-bond donors (Lipinski definition) is 1. The van der Waals surface area contributed by atoms with Gasteiger partial charge in [0, 0.05) is 19.3 Å². The minimum absolute atomic E-state index is 0.0119. The first-order valence-electron chi connectivity index (χ1n) is 6.23. The zero-order valence-electron chi connectivity index (χ0n) is 10.7. The maximum atomic E-state index is 12.3. The van der Waals surface area contributed by atoms with Gasteiger partial charge in [-0.25, -0.2) is 4.98 Å². The Morgan fingerprint density at radius 1 is 1.63 bits per heavy atom. The van der Waals surface area contributed by atoms with Crippen LogP contribution in [0.3, 0.4) is 0 Å². The van der Waals surface area contributed by atoms with E-state index in [0.29, 0.717) is 13.1 Å². The molecule has 0 bridgehead atoms. The highest BCUT2D eigenvalue weighted by Gasteiger charge is 2.28. The highest BCUT2D eigenvalue weighted by atomic mass is 16.3. The Morgan fingerprint density at radius 3 is 3.32 bits per heavy atom. The average molecular weight is 260 g/mol. The number of likely N-dealkylation sites (N-methyl/N-ethyl adjacent to an activating group) is 1. The molecule has 6 nitrogen and oxygen atoms in total. The number of carbonyl (C=O) groups excluding carboxylic acids is 1. The van der Waals surface area contributed by atoms with Gasteiger partial charge in [0.25, 0.3) is 0 Å². The van der Waals surface area contributed by atoms with Crippen molar-refractivity contribution in [3.8, 4) is 0 Å². The predicted octanol–water partition coefficient (Wildman–Crippen LogP) is 0.779. The van der Waals surface area contributed by atoms with Gasteiger partial charge in [0.15, 0.2) is 0 Å². The van der Waals surface area contributed by atoms with Crippen LogP contribution in [-0.4, -0.2) is 34.0 Å². The summed E-state index contributed by atoms with van der Waals surface area (Å²) in [5.74, 6) is 0.741. The second-order valence-electron chi connectivity index (χ2n) is 4.80. The number of aromatic nitrogens is 2. The Kier molecular flexibility index (Phi) is 3.08. The van der Waals surface area contributed by atoms with Crippen molar-refractivity contribution in [1.82, 2.24) is 19.8 Å². The van der Waals surface area contributed by atoms with Crippen LogP contribution in [-0.2, 0) is 17.9 Å². The molecule has 1 aliphatic rings. The lowest BCUT2D eigenvalue weighted by molar-refractivity contribution is -0.125. The summed E-state index contributed by atoms with van der Waals surface area (Å²) in [6, 6.07) is 3.42. The Balaban J connectivity index is 1.70. The van der Waals surface area contributed by atoms with Crippen molar-refractivity contribution < 1.29 is 9.21 Å². The molecule has 0 fully saturated rings. The summed E-state index contributed by atoms with van der Waals surface area (Å²) in [6.45, 7) is 1.92. The Hall–Kier alpha value is -2.08. The summed E-state index contributed by atoms with van der Waals surface area (Å²) in [5, 5.41) is 2.90. The molecule has 0 aromatic carbocycles. The molecule has 0 unspecified atom stereocenters. The third-order valence-electron chi connectivity index (χ3n) is 3.32. The normalized spacial score (nSPS) is 19.1. The van der Waals surface area contributed by atoms with Gasteiger partial charge in [-0.1, -0.05) is 0 Å². The number of hydrogen-bond acceptors (Lipinski definition) is 4. The maximum Gasteiger partial charge on any atom is 0.244 e. The van der Waals surface area contributed by atoms with Crippen LogP contribution in [0.15, 0.2) is 35.3 Å². The van der Waals surface area contributed by atoms with Crippen LogP contribution in [0, 0.1) is 0 Å². The van der Waals surface area contributed by atoms with Gasteiger partial charge in [-0.15, -0.1) is 0 Å². The zero-order valence-corrected chi connectivity index (χ0v) is 10.7. The van der Waals surface area contributed by atoms with E-state index >= 15 is 0 Å². The molecule has 0 aliphatic carbocycles. The van der Waals surface area contributed by atoms with Gasteiger partial charge in [0.05, 0.1) is 24.8 Å². The van der Waals surface area contributed by atoms with Crippen LogP contribution in [0.2, 0.25) is 0 Å². The Labute approximate surface area is 111 Å². The number of amides is 1. The van der Waals surface area contributed by atoms with E-state index in [0.717, 1.165) is 18.0 Å². The average Bonchev–Trinajstić information content (AvgIpc) is 3.05. The minimum Gasteiger partial charge on any atom is -0.467 e. The van der Waals surface area contributed by atoms with Crippen LogP contribution in [0.4, 0.5) is 0 Å². The summed E-state index contributed by atoms with van der Waals surface area (Å²) in [6.07, 6.45) is 5.13. The van der Waals surface area contributed by atoms with Gasteiger partial charge in [-0.05, 0) is 19.2 Å². The molecule has 6 heteroatoms. The van der Waals surface area contributed by atoms with Crippen molar-refractivity contribution in [3.05, 3.63) is 42.4 Å². The van der Waals surface area contributed by atoms with Crippen molar-refractivity contribution in [2.24, 2.45) is 0 Å². The lowest BCUT2D eigenvalue weighted by Gasteiger charge is -2.30. The molecule has 3 heterocycles. The lowest BCUT2D eigenvalue weighted by Crippen LogP contribution is -2.42. The third kappa shape index (κ3) is 2.39. The third-order valence-corrected chi connectivity index (χ3v) is 3.32. The Morgan fingerprint density at radius 2 is 2.53 bits per heavy atom. The molecule has 2 aromatic rings. The molecule has 1 N–H and O–H groups in total. The van der Waals surface area contributed by atoms with Crippen molar-refractivity contribution in [3.63, 3.8) is 0 Å². The second kappa shape index (κ2) is 4.89. The standard InChI is InChI=1S/C13H16N4O2/c1-16-7-10-5-14-9-17(10)12(8-16)13(18)15-6-11-3-2-4-19-11/h2-5,9,12H,6-8H2,1H3,(H,15,18)/t12-/m1/s1. The number of fused-ring (bicyclic) bond motifs is 1. The van der Waals surface area contributed by atoms with Crippen LogP contribution in [0.5, 0.6) is 0 Å². The molecule has 0 saturated heterocycles. The number of rotatable bonds is 3. The molecule has 19 heavy (non-hydrogen) atoms. The fourth-order valence-electron chi connectivity index (χ4n) is 2.37. The number of imidazole rings is 1. The number of nitrogens with zero attached hydrogens (tertiary/aromatic N) is 3. The molecule has 0 spiro atoms. The van der Waals surface area contributed by atoms with Gasteiger partial charge < -0.3 is 14.3 Å². The smallest absolute Gasteiger partial charge is 0.244 e. The van der Waals surface area contributed by atoms with Gasteiger partial charge in [-0.3, -0.25) is 9.69 Å². The van der Waals surface area contributed by atoms with Crippen molar-refractivity contribution in [1.29, 1.82) is 0 Å². The topological polar surface area (TPSA) is 63.3 Å².